The van der Waals surface area contributed by atoms with Crippen LogP contribution >= 0.6 is 0 Å². The van der Waals surface area contributed by atoms with Crippen LogP contribution in [0, 0.1) is 11.8 Å². The van der Waals surface area contributed by atoms with Crippen LogP contribution in [0.2, 0.25) is 0 Å². The van der Waals surface area contributed by atoms with E-state index < -0.39 is 17.7 Å². The SMILES string of the molecule is CC(C)CCC(=O)N1CCN(C(=O)C2CC(=O)N(Cc3cccc(C(F)(F)F)c3)C2)CC1. The number of likely N-dealkylation sites (tertiary alicyclic amines) is 1. The molecule has 1 aromatic carbocycles. The molecule has 6 nitrogen and oxygen atoms in total. The molecular formula is C23H30F3N3O3. The van der Waals surface area contributed by atoms with Crippen molar-refractivity contribution in [1.29, 1.82) is 0 Å². The molecule has 2 saturated heterocycles. The first-order chi connectivity index (χ1) is 15.0. The summed E-state index contributed by atoms with van der Waals surface area (Å²) in [7, 11) is 0. The topological polar surface area (TPSA) is 60.9 Å². The van der Waals surface area contributed by atoms with Gasteiger partial charge < -0.3 is 14.7 Å². The van der Waals surface area contributed by atoms with Crippen LogP contribution in [0.5, 0.6) is 0 Å². The summed E-state index contributed by atoms with van der Waals surface area (Å²) in [4.78, 5) is 42.5. The highest BCUT2D eigenvalue weighted by molar-refractivity contribution is 5.89. The van der Waals surface area contributed by atoms with E-state index in [1.165, 1.54) is 11.0 Å². The Kier molecular flexibility index (Phi) is 7.46. The molecule has 2 heterocycles. The normalized spacial score (nSPS) is 19.8. The van der Waals surface area contributed by atoms with Gasteiger partial charge in [-0.15, -0.1) is 0 Å². The molecule has 2 fully saturated rings. The monoisotopic (exact) mass is 453 g/mol. The van der Waals surface area contributed by atoms with Crippen molar-refractivity contribution in [3.05, 3.63) is 35.4 Å². The summed E-state index contributed by atoms with van der Waals surface area (Å²) in [5.74, 6) is -0.298. The van der Waals surface area contributed by atoms with Crippen LogP contribution in [-0.4, -0.2) is 65.1 Å². The zero-order chi connectivity index (χ0) is 23.5. The highest BCUT2D eigenvalue weighted by Crippen LogP contribution is 2.30. The molecule has 32 heavy (non-hydrogen) atoms. The number of halogens is 3. The molecule has 0 saturated carbocycles. The zero-order valence-corrected chi connectivity index (χ0v) is 18.5. The standard InChI is InChI=1S/C23H30F3N3O3/c1-16(2)6-7-20(30)27-8-10-28(11-9-27)22(32)18-13-21(31)29(15-18)14-17-4-3-5-19(12-17)23(24,25)26/h3-5,12,16,18H,6-11,13-15H2,1-2H3. The molecule has 0 N–H and O–H groups in total. The lowest BCUT2D eigenvalue weighted by Gasteiger charge is -2.36. The lowest BCUT2D eigenvalue weighted by molar-refractivity contribution is -0.142. The molecule has 1 atom stereocenters. The predicted octanol–water partition coefficient (Wildman–Crippen LogP) is 3.16. The maximum Gasteiger partial charge on any atom is 0.416 e. The summed E-state index contributed by atoms with van der Waals surface area (Å²) in [6, 6.07) is 4.91. The third-order valence-corrected chi connectivity index (χ3v) is 6.07. The number of carbonyl (C=O) groups is 3. The van der Waals surface area contributed by atoms with Crippen LogP contribution in [-0.2, 0) is 27.1 Å². The fraction of sp³-hybridized carbons (Fsp3) is 0.609. The average molecular weight is 454 g/mol. The molecule has 1 unspecified atom stereocenters. The summed E-state index contributed by atoms with van der Waals surface area (Å²) < 4.78 is 38.8. The maximum atomic E-state index is 12.9. The molecule has 0 bridgehead atoms. The smallest absolute Gasteiger partial charge is 0.339 e. The van der Waals surface area contributed by atoms with Crippen LogP contribution in [0.1, 0.15) is 44.2 Å². The van der Waals surface area contributed by atoms with Crippen LogP contribution in [0.3, 0.4) is 0 Å². The first-order valence-corrected chi connectivity index (χ1v) is 11.0. The van der Waals surface area contributed by atoms with Gasteiger partial charge in [-0.1, -0.05) is 26.0 Å². The van der Waals surface area contributed by atoms with Crippen molar-refractivity contribution in [2.24, 2.45) is 11.8 Å². The number of hydrogen-bond donors (Lipinski definition) is 0. The van der Waals surface area contributed by atoms with E-state index >= 15 is 0 Å². The van der Waals surface area contributed by atoms with Gasteiger partial charge in [0.1, 0.15) is 0 Å². The van der Waals surface area contributed by atoms with Crippen LogP contribution in [0.25, 0.3) is 0 Å². The van der Waals surface area contributed by atoms with E-state index in [-0.39, 0.29) is 37.2 Å². The van der Waals surface area contributed by atoms with Gasteiger partial charge in [0.25, 0.3) is 0 Å². The predicted molar refractivity (Wildman–Crippen MR) is 112 cm³/mol. The Bertz CT molecular complexity index is 848. The number of nitrogens with zero attached hydrogens (tertiary/aromatic N) is 3. The quantitative estimate of drug-likeness (QED) is 0.665. The minimum Gasteiger partial charge on any atom is -0.339 e. The summed E-state index contributed by atoms with van der Waals surface area (Å²) in [5, 5.41) is 0. The first-order valence-electron chi connectivity index (χ1n) is 11.0. The van der Waals surface area contributed by atoms with Gasteiger partial charge in [-0.25, -0.2) is 0 Å². The lowest BCUT2D eigenvalue weighted by Crippen LogP contribution is -2.52. The Balaban J connectivity index is 1.52. The Labute approximate surface area is 186 Å². The van der Waals surface area contributed by atoms with Crippen molar-refractivity contribution >= 4 is 17.7 Å². The van der Waals surface area contributed by atoms with Crippen molar-refractivity contribution in [3.8, 4) is 0 Å². The molecule has 1 aromatic rings. The van der Waals surface area contributed by atoms with Gasteiger partial charge in [0.05, 0.1) is 11.5 Å². The van der Waals surface area contributed by atoms with Gasteiger partial charge in [-0.2, -0.15) is 13.2 Å². The number of piperazine rings is 1. The van der Waals surface area contributed by atoms with Gasteiger partial charge in [0.2, 0.25) is 17.7 Å². The molecule has 176 valence electrons. The van der Waals surface area contributed by atoms with Crippen LogP contribution in [0.15, 0.2) is 24.3 Å². The van der Waals surface area contributed by atoms with Gasteiger partial charge in [0, 0.05) is 52.1 Å². The lowest BCUT2D eigenvalue weighted by atomic mass is 10.1. The van der Waals surface area contributed by atoms with Crippen molar-refractivity contribution in [2.75, 3.05) is 32.7 Å². The number of carbonyl (C=O) groups excluding carboxylic acids is 3. The zero-order valence-electron chi connectivity index (χ0n) is 18.5. The second-order valence-corrected chi connectivity index (χ2v) is 9.01. The van der Waals surface area contributed by atoms with E-state index in [1.54, 1.807) is 15.9 Å². The first kappa shape index (κ1) is 24.1. The Morgan fingerprint density at radius 2 is 1.75 bits per heavy atom. The summed E-state index contributed by atoms with van der Waals surface area (Å²) >= 11 is 0. The van der Waals surface area contributed by atoms with E-state index in [4.69, 9.17) is 0 Å². The number of alkyl halides is 3. The van der Waals surface area contributed by atoms with E-state index in [9.17, 15) is 27.6 Å². The summed E-state index contributed by atoms with van der Waals surface area (Å²) in [6.45, 7) is 6.22. The number of benzene rings is 1. The minimum absolute atomic E-state index is 0.0463. The Morgan fingerprint density at radius 3 is 2.38 bits per heavy atom. The van der Waals surface area contributed by atoms with E-state index in [0.29, 0.717) is 44.1 Å². The molecule has 2 aliphatic heterocycles. The van der Waals surface area contributed by atoms with Crippen molar-refractivity contribution < 1.29 is 27.6 Å². The maximum absolute atomic E-state index is 12.9. The number of rotatable bonds is 6. The molecule has 2 aliphatic rings. The van der Waals surface area contributed by atoms with E-state index in [0.717, 1.165) is 18.6 Å². The van der Waals surface area contributed by atoms with Gasteiger partial charge in [0.15, 0.2) is 0 Å². The average Bonchev–Trinajstić information content (AvgIpc) is 3.11. The van der Waals surface area contributed by atoms with Crippen LogP contribution in [0.4, 0.5) is 13.2 Å². The Morgan fingerprint density at radius 1 is 1.09 bits per heavy atom. The second kappa shape index (κ2) is 9.92. The largest absolute Gasteiger partial charge is 0.416 e. The van der Waals surface area contributed by atoms with Crippen molar-refractivity contribution in [3.63, 3.8) is 0 Å². The molecular weight excluding hydrogens is 423 g/mol. The third-order valence-electron chi connectivity index (χ3n) is 6.07. The Hall–Kier alpha value is -2.58. The molecule has 3 amide bonds. The molecule has 0 aromatic heterocycles. The van der Waals surface area contributed by atoms with Gasteiger partial charge in [-0.05, 0) is 30.0 Å². The highest BCUT2D eigenvalue weighted by Gasteiger charge is 2.38. The fourth-order valence-corrected chi connectivity index (χ4v) is 4.16. The number of amides is 3. The molecule has 0 aliphatic carbocycles. The van der Waals surface area contributed by atoms with Gasteiger partial charge >= 0.3 is 6.18 Å². The second-order valence-electron chi connectivity index (χ2n) is 9.01. The van der Waals surface area contributed by atoms with Crippen molar-refractivity contribution in [1.82, 2.24) is 14.7 Å². The van der Waals surface area contributed by atoms with E-state index in [2.05, 4.69) is 13.8 Å². The third kappa shape index (κ3) is 6.01. The summed E-state index contributed by atoms with van der Waals surface area (Å²) in [6.07, 6.45) is -3.04. The molecule has 0 radical (unpaired) electrons. The van der Waals surface area contributed by atoms with Crippen molar-refractivity contribution in [2.45, 2.75) is 45.8 Å². The number of hydrogen-bond acceptors (Lipinski definition) is 3. The minimum atomic E-state index is -4.44. The van der Waals surface area contributed by atoms with Gasteiger partial charge in [-0.3, -0.25) is 14.4 Å². The van der Waals surface area contributed by atoms with Crippen LogP contribution < -0.4 is 0 Å². The highest BCUT2D eigenvalue weighted by atomic mass is 19.4. The molecule has 3 rings (SSSR count). The molecule has 9 heteroatoms. The fourth-order valence-electron chi connectivity index (χ4n) is 4.16. The summed E-state index contributed by atoms with van der Waals surface area (Å²) in [5.41, 5.74) is -0.370. The van der Waals surface area contributed by atoms with E-state index in [1.807, 2.05) is 0 Å². The molecule has 0 spiro atoms.